The molecular formula is C15H16F3NO5. The van der Waals surface area contributed by atoms with Crippen molar-refractivity contribution in [1.82, 2.24) is 4.90 Å². The van der Waals surface area contributed by atoms with Gasteiger partial charge in [0.25, 0.3) is 5.91 Å². The van der Waals surface area contributed by atoms with Gasteiger partial charge in [0, 0.05) is 13.1 Å². The summed E-state index contributed by atoms with van der Waals surface area (Å²) in [5.41, 5.74) is -2.94. The highest BCUT2D eigenvalue weighted by Gasteiger charge is 2.64. The average molecular weight is 347 g/mol. The van der Waals surface area contributed by atoms with Crippen molar-refractivity contribution >= 4 is 11.9 Å². The van der Waals surface area contributed by atoms with Crippen molar-refractivity contribution in [3.63, 3.8) is 0 Å². The zero-order chi connectivity index (χ0) is 18.1. The van der Waals surface area contributed by atoms with E-state index in [1.165, 1.54) is 32.4 Å². The van der Waals surface area contributed by atoms with Crippen LogP contribution in [0, 0.1) is 5.41 Å². The number of hydrogen-bond donors (Lipinski definition) is 1. The topological polar surface area (TPSA) is 76.1 Å². The standard InChI is InChI=1S/C15H16F3NO5/c1-23-10-5-3-4-9(11(10)24-2)12(20)19-7-6-14(8-19,13(21)22)15(16,17)18/h3-5H,6-8H2,1-2H3,(H,21,22). The molecule has 1 aromatic carbocycles. The van der Waals surface area contributed by atoms with Crippen molar-refractivity contribution in [2.24, 2.45) is 5.41 Å². The van der Waals surface area contributed by atoms with Crippen molar-refractivity contribution in [3.05, 3.63) is 23.8 Å². The molecule has 1 heterocycles. The van der Waals surface area contributed by atoms with Crippen LogP contribution in [0.5, 0.6) is 11.5 Å². The summed E-state index contributed by atoms with van der Waals surface area (Å²) in [5.74, 6) is -2.38. The first-order chi connectivity index (χ1) is 11.2. The summed E-state index contributed by atoms with van der Waals surface area (Å²) >= 11 is 0. The first-order valence-electron chi connectivity index (χ1n) is 6.98. The second-order valence-electron chi connectivity index (χ2n) is 5.40. The Morgan fingerprint density at radius 1 is 1.25 bits per heavy atom. The molecule has 0 aliphatic carbocycles. The third-order valence-electron chi connectivity index (χ3n) is 4.14. The monoisotopic (exact) mass is 347 g/mol. The number of methoxy groups -OCH3 is 2. The van der Waals surface area contributed by atoms with Gasteiger partial charge in [-0.3, -0.25) is 9.59 Å². The Labute approximate surface area is 135 Å². The molecule has 1 aliphatic rings. The van der Waals surface area contributed by atoms with E-state index in [1.807, 2.05) is 0 Å². The average Bonchev–Trinajstić information content (AvgIpc) is 2.99. The number of halogens is 3. The minimum Gasteiger partial charge on any atom is -0.493 e. The van der Waals surface area contributed by atoms with Crippen LogP contribution in [0.15, 0.2) is 18.2 Å². The molecule has 1 aliphatic heterocycles. The van der Waals surface area contributed by atoms with E-state index in [-0.39, 0.29) is 23.6 Å². The van der Waals surface area contributed by atoms with Crippen molar-refractivity contribution < 1.29 is 37.3 Å². The van der Waals surface area contributed by atoms with Gasteiger partial charge in [0.2, 0.25) is 0 Å². The maximum absolute atomic E-state index is 13.2. The lowest BCUT2D eigenvalue weighted by Crippen LogP contribution is -2.47. The molecule has 0 bridgehead atoms. The Balaban J connectivity index is 2.35. The maximum atomic E-state index is 13.2. The third-order valence-corrected chi connectivity index (χ3v) is 4.14. The van der Waals surface area contributed by atoms with Crippen molar-refractivity contribution in [2.45, 2.75) is 12.6 Å². The fraction of sp³-hybridized carbons (Fsp3) is 0.467. The molecule has 0 spiro atoms. The summed E-state index contributed by atoms with van der Waals surface area (Å²) in [7, 11) is 2.66. The van der Waals surface area contributed by atoms with E-state index < -0.39 is 36.4 Å². The molecule has 1 atom stereocenters. The molecule has 6 nitrogen and oxygen atoms in total. The lowest BCUT2D eigenvalue weighted by molar-refractivity contribution is -0.227. The van der Waals surface area contributed by atoms with E-state index in [9.17, 15) is 22.8 Å². The van der Waals surface area contributed by atoms with E-state index in [2.05, 4.69) is 0 Å². The number of carbonyl (C=O) groups is 2. The van der Waals surface area contributed by atoms with Gasteiger partial charge in [-0.05, 0) is 18.6 Å². The zero-order valence-corrected chi connectivity index (χ0v) is 13.0. The summed E-state index contributed by atoms with van der Waals surface area (Å²) in [4.78, 5) is 24.6. The first kappa shape index (κ1) is 17.9. The van der Waals surface area contributed by atoms with E-state index in [4.69, 9.17) is 14.6 Å². The number of likely N-dealkylation sites (tertiary alicyclic amines) is 1. The van der Waals surface area contributed by atoms with Gasteiger partial charge >= 0.3 is 12.1 Å². The fourth-order valence-electron chi connectivity index (χ4n) is 2.74. The molecule has 132 valence electrons. The quantitative estimate of drug-likeness (QED) is 0.904. The molecule has 24 heavy (non-hydrogen) atoms. The van der Waals surface area contributed by atoms with E-state index >= 15 is 0 Å². The van der Waals surface area contributed by atoms with Crippen LogP contribution in [-0.4, -0.2) is 55.4 Å². The second-order valence-corrected chi connectivity index (χ2v) is 5.40. The molecule has 1 amide bonds. The Morgan fingerprint density at radius 3 is 2.38 bits per heavy atom. The minimum absolute atomic E-state index is 0.0141. The van der Waals surface area contributed by atoms with Crippen LogP contribution < -0.4 is 9.47 Å². The number of ether oxygens (including phenoxy) is 2. The highest BCUT2D eigenvalue weighted by molar-refractivity contribution is 5.98. The van der Waals surface area contributed by atoms with Crippen LogP contribution in [0.1, 0.15) is 16.8 Å². The highest BCUT2D eigenvalue weighted by Crippen LogP contribution is 2.46. The highest BCUT2D eigenvalue weighted by atomic mass is 19.4. The molecule has 1 unspecified atom stereocenters. The molecule has 0 saturated carbocycles. The van der Waals surface area contributed by atoms with E-state index in [1.54, 1.807) is 0 Å². The molecule has 9 heteroatoms. The fourth-order valence-corrected chi connectivity index (χ4v) is 2.74. The molecule has 1 aromatic rings. The van der Waals surface area contributed by atoms with Gasteiger partial charge in [-0.15, -0.1) is 0 Å². The Kier molecular flexibility index (Phi) is 4.63. The lowest BCUT2D eigenvalue weighted by Gasteiger charge is -2.27. The van der Waals surface area contributed by atoms with Gasteiger partial charge in [0.05, 0.1) is 19.8 Å². The largest absolute Gasteiger partial charge is 0.493 e. The SMILES string of the molecule is COc1cccc(C(=O)N2CCC(C(=O)O)(C(F)(F)F)C2)c1OC. The zero-order valence-electron chi connectivity index (χ0n) is 13.0. The van der Waals surface area contributed by atoms with Crippen molar-refractivity contribution in [3.8, 4) is 11.5 Å². The summed E-state index contributed by atoms with van der Waals surface area (Å²) in [6.07, 6.45) is -5.64. The third kappa shape index (κ3) is 2.74. The molecular weight excluding hydrogens is 331 g/mol. The molecule has 2 rings (SSSR count). The number of aliphatic carboxylic acids is 1. The van der Waals surface area contributed by atoms with Gasteiger partial charge in [0.1, 0.15) is 0 Å². The van der Waals surface area contributed by atoms with Gasteiger partial charge in [-0.25, -0.2) is 0 Å². The van der Waals surface area contributed by atoms with Crippen LogP contribution >= 0.6 is 0 Å². The number of carboxylic acids is 1. The number of nitrogens with zero attached hydrogens (tertiary/aromatic N) is 1. The van der Waals surface area contributed by atoms with Crippen LogP contribution in [-0.2, 0) is 4.79 Å². The number of rotatable bonds is 4. The number of alkyl halides is 3. The summed E-state index contributed by atoms with van der Waals surface area (Å²) in [6, 6.07) is 4.42. The number of hydrogen-bond acceptors (Lipinski definition) is 4. The van der Waals surface area contributed by atoms with Crippen molar-refractivity contribution in [1.29, 1.82) is 0 Å². The van der Waals surface area contributed by atoms with Crippen LogP contribution in [0.3, 0.4) is 0 Å². The predicted molar refractivity (Wildman–Crippen MR) is 76.2 cm³/mol. The Hall–Kier alpha value is -2.45. The minimum atomic E-state index is -4.95. The van der Waals surface area contributed by atoms with Gasteiger partial charge < -0.3 is 19.5 Å². The normalized spacial score (nSPS) is 20.8. The maximum Gasteiger partial charge on any atom is 0.406 e. The number of carbonyl (C=O) groups excluding carboxylic acids is 1. The van der Waals surface area contributed by atoms with E-state index in [0.717, 1.165) is 4.90 Å². The summed E-state index contributed by atoms with van der Waals surface area (Å²) in [5, 5.41) is 9.05. The molecule has 0 aromatic heterocycles. The second kappa shape index (κ2) is 6.21. The van der Waals surface area contributed by atoms with Gasteiger partial charge in [-0.1, -0.05) is 6.07 Å². The smallest absolute Gasteiger partial charge is 0.406 e. The van der Waals surface area contributed by atoms with Crippen molar-refractivity contribution in [2.75, 3.05) is 27.3 Å². The van der Waals surface area contributed by atoms with Gasteiger partial charge in [0.15, 0.2) is 16.9 Å². The number of benzene rings is 1. The summed E-state index contributed by atoms with van der Waals surface area (Å²) < 4.78 is 49.8. The van der Waals surface area contributed by atoms with Crippen LogP contribution in [0.4, 0.5) is 13.2 Å². The van der Waals surface area contributed by atoms with Crippen LogP contribution in [0.2, 0.25) is 0 Å². The molecule has 1 N–H and O–H groups in total. The number of amides is 1. The lowest BCUT2D eigenvalue weighted by atomic mass is 9.86. The molecule has 0 radical (unpaired) electrons. The molecule has 1 fully saturated rings. The summed E-state index contributed by atoms with van der Waals surface area (Å²) in [6.45, 7) is -1.25. The van der Waals surface area contributed by atoms with Crippen LogP contribution in [0.25, 0.3) is 0 Å². The first-order valence-corrected chi connectivity index (χ1v) is 6.98. The van der Waals surface area contributed by atoms with E-state index in [0.29, 0.717) is 0 Å². The Morgan fingerprint density at radius 2 is 1.92 bits per heavy atom. The number of carboxylic acid groups (broad SMARTS) is 1. The predicted octanol–water partition coefficient (Wildman–Crippen LogP) is 2.18. The molecule has 1 saturated heterocycles. The Bertz CT molecular complexity index is 661. The van der Waals surface area contributed by atoms with Gasteiger partial charge in [-0.2, -0.15) is 13.2 Å². The number of para-hydroxylation sites is 1.